The molecule has 0 N–H and O–H groups in total. The molecule has 3 aliphatic heterocycles. The molecule has 0 saturated carbocycles. The van der Waals surface area contributed by atoms with Gasteiger partial charge in [0.25, 0.3) is 0 Å². The summed E-state index contributed by atoms with van der Waals surface area (Å²) in [5.74, 6) is 0. The summed E-state index contributed by atoms with van der Waals surface area (Å²) in [5, 5.41) is 0. The number of aromatic nitrogens is 1. The van der Waals surface area contributed by atoms with Gasteiger partial charge in [-0.1, -0.05) is 6.07 Å². The van der Waals surface area contributed by atoms with Crippen LogP contribution >= 0.6 is 0 Å². The first-order valence-corrected chi connectivity index (χ1v) is 8.47. The largest absolute Gasteiger partial charge is 0.377 e. The van der Waals surface area contributed by atoms with Crippen LogP contribution in [0.3, 0.4) is 0 Å². The van der Waals surface area contributed by atoms with Gasteiger partial charge in [-0.15, -0.1) is 0 Å². The number of ether oxygens (including phenoxy) is 2. The van der Waals surface area contributed by atoms with Gasteiger partial charge in [0.2, 0.25) is 0 Å². The van der Waals surface area contributed by atoms with Crippen molar-refractivity contribution in [2.24, 2.45) is 0 Å². The smallest absolute Gasteiger partial charge is 0.0870 e. The van der Waals surface area contributed by atoms with Crippen LogP contribution < -0.4 is 0 Å². The van der Waals surface area contributed by atoms with E-state index in [1.807, 2.05) is 18.5 Å². The molecule has 0 aliphatic carbocycles. The van der Waals surface area contributed by atoms with E-state index in [4.69, 9.17) is 9.47 Å². The minimum absolute atomic E-state index is 0.354. The van der Waals surface area contributed by atoms with Gasteiger partial charge in [0.15, 0.2) is 0 Å². The fourth-order valence-corrected chi connectivity index (χ4v) is 3.99. The van der Waals surface area contributed by atoms with E-state index in [2.05, 4.69) is 20.9 Å². The Kier molecular flexibility index (Phi) is 4.39. The molecule has 0 unspecified atom stereocenters. The third-order valence-electron chi connectivity index (χ3n) is 5.08. The summed E-state index contributed by atoms with van der Waals surface area (Å²) in [5.41, 5.74) is 1.28. The van der Waals surface area contributed by atoms with Crippen LogP contribution in [0.5, 0.6) is 0 Å². The second-order valence-corrected chi connectivity index (χ2v) is 6.66. The number of pyridine rings is 1. The number of morpholine rings is 1. The maximum atomic E-state index is 6.02. The summed E-state index contributed by atoms with van der Waals surface area (Å²) in [6.07, 6.45) is 7.02. The van der Waals surface area contributed by atoms with Crippen LogP contribution in [0.1, 0.15) is 18.4 Å². The number of fused-ring (bicyclic) bond motifs is 1. The highest BCUT2D eigenvalue weighted by atomic mass is 16.5. The van der Waals surface area contributed by atoms with Gasteiger partial charge in [-0.3, -0.25) is 14.8 Å². The summed E-state index contributed by atoms with van der Waals surface area (Å²) in [4.78, 5) is 9.32. The SMILES string of the molecule is c1cncc(CN2C[C@@H]3OCCN(C[C@H]4CCCO4)[C@@H]3C2)c1. The van der Waals surface area contributed by atoms with Gasteiger partial charge in [-0.05, 0) is 24.5 Å². The van der Waals surface area contributed by atoms with Crippen molar-refractivity contribution in [1.29, 1.82) is 0 Å². The van der Waals surface area contributed by atoms with E-state index in [9.17, 15) is 0 Å². The number of hydrogen-bond donors (Lipinski definition) is 0. The summed E-state index contributed by atoms with van der Waals surface area (Å²) in [6.45, 7) is 7.00. The monoisotopic (exact) mass is 303 g/mol. The molecule has 3 fully saturated rings. The maximum absolute atomic E-state index is 6.02. The van der Waals surface area contributed by atoms with Crippen LogP contribution in [0.25, 0.3) is 0 Å². The molecule has 1 aromatic rings. The first-order valence-electron chi connectivity index (χ1n) is 8.47. The normalized spacial score (nSPS) is 33.2. The van der Waals surface area contributed by atoms with Gasteiger partial charge in [0, 0.05) is 57.8 Å². The van der Waals surface area contributed by atoms with E-state index < -0.39 is 0 Å². The Morgan fingerprint density at radius 3 is 3.05 bits per heavy atom. The van der Waals surface area contributed by atoms with Crippen LogP contribution in [0.2, 0.25) is 0 Å². The van der Waals surface area contributed by atoms with E-state index in [0.29, 0.717) is 18.2 Å². The predicted molar refractivity (Wildman–Crippen MR) is 83.6 cm³/mol. The molecule has 4 rings (SSSR count). The molecule has 0 aromatic carbocycles. The van der Waals surface area contributed by atoms with Crippen molar-refractivity contribution in [2.75, 3.05) is 39.4 Å². The Labute approximate surface area is 132 Å². The Balaban J connectivity index is 1.37. The van der Waals surface area contributed by atoms with E-state index in [0.717, 1.165) is 45.9 Å². The second-order valence-electron chi connectivity index (χ2n) is 6.66. The molecule has 4 heterocycles. The lowest BCUT2D eigenvalue weighted by Crippen LogP contribution is -2.52. The number of nitrogens with zero attached hydrogens (tertiary/aromatic N) is 3. The standard InChI is InChI=1S/C17H25N3O2/c1-3-14(9-18-5-1)10-19-12-16-17(13-19)22-8-6-20(16)11-15-4-2-7-21-15/h1,3,5,9,15-17H,2,4,6-8,10-13H2/t15-,16-,17+/m1/s1. The summed E-state index contributed by atoms with van der Waals surface area (Å²) < 4.78 is 11.8. The van der Waals surface area contributed by atoms with E-state index >= 15 is 0 Å². The highest BCUT2D eigenvalue weighted by Crippen LogP contribution is 2.26. The molecular weight excluding hydrogens is 278 g/mol. The van der Waals surface area contributed by atoms with Crippen LogP contribution in [0.4, 0.5) is 0 Å². The summed E-state index contributed by atoms with van der Waals surface area (Å²) in [7, 11) is 0. The highest BCUT2D eigenvalue weighted by Gasteiger charge is 2.40. The average Bonchev–Trinajstić information content (AvgIpc) is 3.18. The first kappa shape index (κ1) is 14.6. The number of rotatable bonds is 4. The van der Waals surface area contributed by atoms with Gasteiger partial charge in [0.05, 0.1) is 18.8 Å². The van der Waals surface area contributed by atoms with Gasteiger partial charge >= 0.3 is 0 Å². The Bertz CT molecular complexity index is 478. The molecular formula is C17H25N3O2. The lowest BCUT2D eigenvalue weighted by atomic mass is 10.1. The third kappa shape index (κ3) is 3.18. The van der Waals surface area contributed by atoms with Crippen molar-refractivity contribution in [2.45, 2.75) is 37.6 Å². The zero-order chi connectivity index (χ0) is 14.8. The summed E-state index contributed by atoms with van der Waals surface area (Å²) in [6, 6.07) is 4.69. The minimum atomic E-state index is 0.354. The predicted octanol–water partition coefficient (Wildman–Crippen LogP) is 1.15. The molecule has 3 atom stereocenters. The molecule has 120 valence electrons. The molecule has 5 heteroatoms. The second kappa shape index (κ2) is 6.62. The third-order valence-corrected chi connectivity index (χ3v) is 5.08. The van der Waals surface area contributed by atoms with Crippen LogP contribution in [0.15, 0.2) is 24.5 Å². The van der Waals surface area contributed by atoms with E-state index in [1.54, 1.807) is 0 Å². The van der Waals surface area contributed by atoms with Gasteiger partial charge in [0.1, 0.15) is 0 Å². The molecule has 0 spiro atoms. The molecule has 3 saturated heterocycles. The topological polar surface area (TPSA) is 37.8 Å². The number of likely N-dealkylation sites (tertiary alicyclic amines) is 1. The van der Waals surface area contributed by atoms with Gasteiger partial charge < -0.3 is 9.47 Å². The zero-order valence-electron chi connectivity index (χ0n) is 13.1. The summed E-state index contributed by atoms with van der Waals surface area (Å²) >= 11 is 0. The van der Waals surface area contributed by atoms with E-state index in [1.165, 1.54) is 18.4 Å². The molecule has 1 aromatic heterocycles. The van der Waals surface area contributed by atoms with Crippen molar-refractivity contribution in [3.8, 4) is 0 Å². The zero-order valence-corrected chi connectivity index (χ0v) is 13.1. The molecule has 0 amide bonds. The Morgan fingerprint density at radius 2 is 2.23 bits per heavy atom. The van der Waals surface area contributed by atoms with Crippen LogP contribution in [0, 0.1) is 0 Å². The molecule has 22 heavy (non-hydrogen) atoms. The molecule has 0 bridgehead atoms. The quantitative estimate of drug-likeness (QED) is 0.834. The van der Waals surface area contributed by atoms with Crippen LogP contribution in [-0.2, 0) is 16.0 Å². The van der Waals surface area contributed by atoms with E-state index in [-0.39, 0.29) is 0 Å². The molecule has 5 nitrogen and oxygen atoms in total. The fraction of sp³-hybridized carbons (Fsp3) is 0.706. The lowest BCUT2D eigenvalue weighted by molar-refractivity contribution is -0.0615. The van der Waals surface area contributed by atoms with Crippen LogP contribution in [-0.4, -0.2) is 72.4 Å². The van der Waals surface area contributed by atoms with Gasteiger partial charge in [-0.2, -0.15) is 0 Å². The molecule has 0 radical (unpaired) electrons. The maximum Gasteiger partial charge on any atom is 0.0870 e. The Hall–Kier alpha value is -1.01. The fourth-order valence-electron chi connectivity index (χ4n) is 3.99. The van der Waals surface area contributed by atoms with Crippen molar-refractivity contribution >= 4 is 0 Å². The molecule has 3 aliphatic rings. The number of hydrogen-bond acceptors (Lipinski definition) is 5. The highest BCUT2D eigenvalue weighted by molar-refractivity contribution is 5.09. The van der Waals surface area contributed by atoms with Crippen molar-refractivity contribution in [3.63, 3.8) is 0 Å². The Morgan fingerprint density at radius 1 is 1.23 bits per heavy atom. The van der Waals surface area contributed by atoms with Crippen molar-refractivity contribution in [3.05, 3.63) is 30.1 Å². The average molecular weight is 303 g/mol. The van der Waals surface area contributed by atoms with Crippen molar-refractivity contribution in [1.82, 2.24) is 14.8 Å². The van der Waals surface area contributed by atoms with Gasteiger partial charge in [-0.25, -0.2) is 0 Å². The first-order chi connectivity index (χ1) is 10.9. The van der Waals surface area contributed by atoms with Crippen molar-refractivity contribution < 1.29 is 9.47 Å². The lowest BCUT2D eigenvalue weighted by Gasteiger charge is -2.38. The minimum Gasteiger partial charge on any atom is -0.377 e.